The predicted octanol–water partition coefficient (Wildman–Crippen LogP) is 2.94. The number of hydrogen-bond donors (Lipinski definition) is 1. The van der Waals surface area contributed by atoms with Gasteiger partial charge in [0, 0.05) is 6.04 Å². The summed E-state index contributed by atoms with van der Waals surface area (Å²) in [6, 6.07) is 0.403. The Morgan fingerprint density at radius 2 is 1.60 bits per heavy atom. The van der Waals surface area contributed by atoms with Gasteiger partial charge in [-0.05, 0) is 13.3 Å². The minimum atomic E-state index is 0.403. The van der Waals surface area contributed by atoms with E-state index in [9.17, 15) is 0 Å². The molecule has 1 nitrogen and oxygen atoms in total. The molecule has 0 aromatic carbocycles. The monoisotopic (exact) mass is 145 g/mol. The summed E-state index contributed by atoms with van der Waals surface area (Å²) < 4.78 is 0. The third kappa shape index (κ3) is 24.6. The second-order valence-corrected chi connectivity index (χ2v) is 2.83. The second kappa shape index (κ2) is 11.7. The fourth-order valence-corrected chi connectivity index (χ4v) is 0.526. The summed E-state index contributed by atoms with van der Waals surface area (Å²) in [5.41, 5.74) is 5.48. The van der Waals surface area contributed by atoms with Crippen LogP contribution in [0.5, 0.6) is 0 Å². The molecule has 0 aliphatic heterocycles. The third-order valence-corrected chi connectivity index (χ3v) is 1.01. The van der Waals surface area contributed by atoms with Crippen LogP contribution in [0, 0.1) is 0 Å². The Hall–Kier alpha value is -0.0400. The Kier molecular flexibility index (Phi) is 14.8. The molecule has 0 amide bonds. The first-order valence-electron chi connectivity index (χ1n) is 4.44. The Morgan fingerprint density at radius 3 is 1.70 bits per heavy atom. The Bertz CT molecular complexity index is 42.0. The van der Waals surface area contributed by atoms with E-state index in [2.05, 4.69) is 27.7 Å². The molecule has 0 heterocycles. The first kappa shape index (κ1) is 12.6. The zero-order valence-corrected chi connectivity index (χ0v) is 7.98. The van der Waals surface area contributed by atoms with E-state index in [0.29, 0.717) is 6.04 Å². The fourth-order valence-electron chi connectivity index (χ4n) is 0.526. The van der Waals surface area contributed by atoms with Crippen molar-refractivity contribution in [1.82, 2.24) is 0 Å². The van der Waals surface area contributed by atoms with Crippen LogP contribution >= 0.6 is 0 Å². The molecule has 1 unspecified atom stereocenters. The van der Waals surface area contributed by atoms with E-state index in [1.165, 1.54) is 25.7 Å². The van der Waals surface area contributed by atoms with Gasteiger partial charge in [-0.15, -0.1) is 0 Å². The number of nitrogens with two attached hydrogens (primary N) is 1. The molecule has 10 heavy (non-hydrogen) atoms. The van der Waals surface area contributed by atoms with Gasteiger partial charge in [-0.3, -0.25) is 0 Å². The van der Waals surface area contributed by atoms with Crippen LogP contribution in [0.4, 0.5) is 0 Å². The molecule has 0 rings (SSSR count). The Balaban J connectivity index is 0. The molecule has 0 aromatic heterocycles. The van der Waals surface area contributed by atoms with Crippen molar-refractivity contribution in [2.45, 2.75) is 59.4 Å². The van der Waals surface area contributed by atoms with Gasteiger partial charge in [-0.1, -0.05) is 40.0 Å². The molecule has 64 valence electrons. The van der Waals surface area contributed by atoms with Gasteiger partial charge in [0.05, 0.1) is 0 Å². The van der Waals surface area contributed by atoms with Crippen molar-refractivity contribution >= 4 is 0 Å². The van der Waals surface area contributed by atoms with E-state index in [1.807, 2.05) is 0 Å². The van der Waals surface area contributed by atoms with E-state index >= 15 is 0 Å². The summed E-state index contributed by atoms with van der Waals surface area (Å²) in [7, 11) is 0. The van der Waals surface area contributed by atoms with Gasteiger partial charge in [0.25, 0.3) is 0 Å². The van der Waals surface area contributed by atoms with Gasteiger partial charge in [-0.25, -0.2) is 0 Å². The summed E-state index contributed by atoms with van der Waals surface area (Å²) in [6.07, 6.45) is 4.97. The zero-order chi connectivity index (χ0) is 8.41. The number of hydrogen-bond acceptors (Lipinski definition) is 1. The Labute approximate surface area is 66.0 Å². The normalized spacial score (nSPS) is 11.7. The van der Waals surface area contributed by atoms with Crippen LogP contribution in [0.3, 0.4) is 0 Å². The van der Waals surface area contributed by atoms with Crippen molar-refractivity contribution in [3.05, 3.63) is 0 Å². The summed E-state index contributed by atoms with van der Waals surface area (Å²) in [4.78, 5) is 0. The molecule has 0 aliphatic rings. The quantitative estimate of drug-likeness (QED) is 0.649. The minimum absolute atomic E-state index is 0.403. The largest absolute Gasteiger partial charge is 0.328 e. The van der Waals surface area contributed by atoms with Crippen molar-refractivity contribution in [2.24, 2.45) is 5.73 Å². The van der Waals surface area contributed by atoms with E-state index in [-0.39, 0.29) is 0 Å². The van der Waals surface area contributed by atoms with Crippen LogP contribution < -0.4 is 5.73 Å². The van der Waals surface area contributed by atoms with Crippen molar-refractivity contribution in [3.8, 4) is 0 Å². The highest BCUT2D eigenvalue weighted by atomic mass is 14.6. The standard InChI is InChI=1S/C6H15N.C3H8/c1-3-4-5-6(2)7;1-3-2/h6H,3-5,7H2,1-2H3;3H2,1-2H3. The smallest absolute Gasteiger partial charge is 0.00104 e. The van der Waals surface area contributed by atoms with E-state index in [4.69, 9.17) is 5.73 Å². The van der Waals surface area contributed by atoms with Crippen LogP contribution in [-0.2, 0) is 0 Å². The van der Waals surface area contributed by atoms with Crippen molar-refractivity contribution < 1.29 is 0 Å². The van der Waals surface area contributed by atoms with Gasteiger partial charge in [0.1, 0.15) is 0 Å². The molecular weight excluding hydrogens is 122 g/mol. The summed E-state index contributed by atoms with van der Waals surface area (Å²) in [6.45, 7) is 8.48. The zero-order valence-electron chi connectivity index (χ0n) is 7.98. The highest BCUT2D eigenvalue weighted by Gasteiger charge is 1.88. The van der Waals surface area contributed by atoms with Crippen molar-refractivity contribution in [3.63, 3.8) is 0 Å². The Morgan fingerprint density at radius 1 is 1.20 bits per heavy atom. The molecule has 2 N–H and O–H groups in total. The molecule has 0 aromatic rings. The SMILES string of the molecule is CCC.CCCCC(C)N. The minimum Gasteiger partial charge on any atom is -0.328 e. The molecule has 0 spiro atoms. The number of rotatable bonds is 3. The second-order valence-electron chi connectivity index (χ2n) is 2.83. The first-order valence-corrected chi connectivity index (χ1v) is 4.44. The van der Waals surface area contributed by atoms with Crippen molar-refractivity contribution in [1.29, 1.82) is 0 Å². The van der Waals surface area contributed by atoms with E-state index in [1.54, 1.807) is 0 Å². The maximum Gasteiger partial charge on any atom is 0.00104 e. The average Bonchev–Trinajstić information content (AvgIpc) is 1.85. The predicted molar refractivity (Wildman–Crippen MR) is 49.1 cm³/mol. The molecule has 0 saturated heterocycles. The highest BCUT2D eigenvalue weighted by Crippen LogP contribution is 1.95. The van der Waals surface area contributed by atoms with Gasteiger partial charge in [-0.2, -0.15) is 0 Å². The lowest BCUT2D eigenvalue weighted by Gasteiger charge is -1.99. The lowest BCUT2D eigenvalue weighted by molar-refractivity contribution is 0.616. The van der Waals surface area contributed by atoms with Gasteiger partial charge in [0.15, 0.2) is 0 Å². The van der Waals surface area contributed by atoms with Crippen LogP contribution in [0.1, 0.15) is 53.4 Å². The van der Waals surface area contributed by atoms with Crippen LogP contribution in [-0.4, -0.2) is 6.04 Å². The topological polar surface area (TPSA) is 26.0 Å². The fraction of sp³-hybridized carbons (Fsp3) is 1.00. The molecule has 0 bridgehead atoms. The maximum atomic E-state index is 5.48. The van der Waals surface area contributed by atoms with E-state index < -0.39 is 0 Å². The average molecular weight is 145 g/mol. The molecule has 0 fully saturated rings. The van der Waals surface area contributed by atoms with Crippen LogP contribution in [0.2, 0.25) is 0 Å². The molecule has 0 saturated carbocycles. The lowest BCUT2D eigenvalue weighted by atomic mass is 10.2. The van der Waals surface area contributed by atoms with E-state index in [0.717, 1.165) is 0 Å². The molecule has 0 aliphatic carbocycles. The third-order valence-electron chi connectivity index (χ3n) is 1.01. The first-order chi connectivity index (χ1) is 4.68. The molecular formula is C9H23N. The summed E-state index contributed by atoms with van der Waals surface area (Å²) in [5, 5.41) is 0. The van der Waals surface area contributed by atoms with Gasteiger partial charge < -0.3 is 5.73 Å². The highest BCUT2D eigenvalue weighted by molar-refractivity contribution is 4.50. The van der Waals surface area contributed by atoms with Crippen LogP contribution in [0.15, 0.2) is 0 Å². The lowest BCUT2D eigenvalue weighted by Crippen LogP contribution is -2.13. The molecule has 1 heteroatoms. The maximum absolute atomic E-state index is 5.48. The van der Waals surface area contributed by atoms with Gasteiger partial charge >= 0.3 is 0 Å². The van der Waals surface area contributed by atoms with Crippen LogP contribution in [0.25, 0.3) is 0 Å². The molecule has 1 atom stereocenters. The van der Waals surface area contributed by atoms with Crippen molar-refractivity contribution in [2.75, 3.05) is 0 Å². The van der Waals surface area contributed by atoms with Gasteiger partial charge in [0.2, 0.25) is 0 Å². The summed E-state index contributed by atoms with van der Waals surface area (Å²) >= 11 is 0. The number of unbranched alkanes of at least 4 members (excludes halogenated alkanes) is 1. The molecule has 0 radical (unpaired) electrons. The summed E-state index contributed by atoms with van der Waals surface area (Å²) in [5.74, 6) is 0.